The molecule has 1 fully saturated rings. The summed E-state index contributed by atoms with van der Waals surface area (Å²) in [5.74, 6) is 0.387. The van der Waals surface area contributed by atoms with Crippen LogP contribution in [0.15, 0.2) is 18.2 Å². The van der Waals surface area contributed by atoms with Crippen molar-refractivity contribution in [2.24, 2.45) is 0 Å². The van der Waals surface area contributed by atoms with E-state index in [1.165, 1.54) is 25.0 Å². The molecule has 2 rings (SSSR count). The van der Waals surface area contributed by atoms with E-state index >= 15 is 0 Å². The Morgan fingerprint density at radius 1 is 1.28 bits per heavy atom. The molecule has 0 unspecified atom stereocenters. The molecular formula is C14H21FN2O. The van der Waals surface area contributed by atoms with Gasteiger partial charge in [-0.2, -0.15) is 0 Å². The molecule has 1 aromatic carbocycles. The molecule has 1 aliphatic heterocycles. The molecule has 1 N–H and O–H groups in total. The second kappa shape index (κ2) is 6.71. The Bertz CT molecular complexity index is 378. The summed E-state index contributed by atoms with van der Waals surface area (Å²) in [5.41, 5.74) is 0.911. The van der Waals surface area contributed by atoms with Crippen molar-refractivity contribution in [1.82, 2.24) is 10.2 Å². The maximum absolute atomic E-state index is 13.4. The van der Waals surface area contributed by atoms with E-state index in [1.807, 2.05) is 13.1 Å². The Morgan fingerprint density at radius 3 is 2.78 bits per heavy atom. The number of hydrogen-bond donors (Lipinski definition) is 1. The van der Waals surface area contributed by atoms with Crippen LogP contribution in [0.5, 0.6) is 5.75 Å². The van der Waals surface area contributed by atoms with Crippen molar-refractivity contribution in [2.45, 2.75) is 19.4 Å². The molecular weight excluding hydrogens is 231 g/mol. The van der Waals surface area contributed by atoms with Crippen LogP contribution in [0.4, 0.5) is 4.39 Å². The Hall–Kier alpha value is -1.13. The van der Waals surface area contributed by atoms with Gasteiger partial charge in [-0.25, -0.2) is 4.39 Å². The first-order valence-corrected chi connectivity index (χ1v) is 6.57. The van der Waals surface area contributed by atoms with Crippen LogP contribution in [0.2, 0.25) is 0 Å². The summed E-state index contributed by atoms with van der Waals surface area (Å²) in [6.45, 7) is 4.54. The van der Waals surface area contributed by atoms with Gasteiger partial charge in [-0.15, -0.1) is 0 Å². The molecule has 1 saturated heterocycles. The van der Waals surface area contributed by atoms with Crippen LogP contribution in [0, 0.1) is 5.82 Å². The molecule has 0 aliphatic carbocycles. The van der Waals surface area contributed by atoms with E-state index in [1.54, 1.807) is 0 Å². The minimum Gasteiger partial charge on any atom is -0.492 e. The van der Waals surface area contributed by atoms with Crippen LogP contribution in [0.1, 0.15) is 18.4 Å². The van der Waals surface area contributed by atoms with Crippen LogP contribution in [-0.4, -0.2) is 38.2 Å². The third kappa shape index (κ3) is 3.96. The van der Waals surface area contributed by atoms with Gasteiger partial charge < -0.3 is 10.1 Å². The minimum atomic E-state index is -0.237. The van der Waals surface area contributed by atoms with Gasteiger partial charge in [0.1, 0.15) is 18.2 Å². The molecule has 4 heteroatoms. The lowest BCUT2D eigenvalue weighted by Crippen LogP contribution is -2.25. The summed E-state index contributed by atoms with van der Waals surface area (Å²) in [4.78, 5) is 2.38. The summed E-state index contributed by atoms with van der Waals surface area (Å²) in [7, 11) is 1.85. The zero-order chi connectivity index (χ0) is 12.8. The predicted molar refractivity (Wildman–Crippen MR) is 70.3 cm³/mol. The summed E-state index contributed by atoms with van der Waals surface area (Å²) in [6, 6.07) is 4.87. The topological polar surface area (TPSA) is 24.5 Å². The Kier molecular flexibility index (Phi) is 4.96. The lowest BCUT2D eigenvalue weighted by molar-refractivity contribution is 0.237. The molecule has 1 aliphatic rings. The van der Waals surface area contributed by atoms with Crippen LogP contribution in [0.25, 0.3) is 0 Å². The number of hydrogen-bond acceptors (Lipinski definition) is 3. The first-order valence-electron chi connectivity index (χ1n) is 6.57. The highest BCUT2D eigenvalue weighted by molar-refractivity contribution is 5.29. The van der Waals surface area contributed by atoms with Crippen LogP contribution in [0.3, 0.4) is 0 Å². The zero-order valence-corrected chi connectivity index (χ0v) is 10.9. The van der Waals surface area contributed by atoms with E-state index in [9.17, 15) is 4.39 Å². The monoisotopic (exact) mass is 252 g/mol. The van der Waals surface area contributed by atoms with E-state index in [0.29, 0.717) is 18.9 Å². The highest BCUT2D eigenvalue weighted by Crippen LogP contribution is 2.16. The van der Waals surface area contributed by atoms with Gasteiger partial charge in [0.05, 0.1) is 0 Å². The second-order valence-electron chi connectivity index (χ2n) is 4.72. The lowest BCUT2D eigenvalue weighted by atomic mass is 10.2. The summed E-state index contributed by atoms with van der Waals surface area (Å²) < 4.78 is 19.0. The molecule has 0 atom stereocenters. The Morgan fingerprint density at radius 2 is 2.06 bits per heavy atom. The normalized spacial score (nSPS) is 16.1. The summed E-state index contributed by atoms with van der Waals surface area (Å²) in [5, 5.41) is 3.01. The third-order valence-corrected chi connectivity index (χ3v) is 3.19. The fourth-order valence-electron chi connectivity index (χ4n) is 2.31. The van der Waals surface area contributed by atoms with Crippen molar-refractivity contribution in [3.8, 4) is 5.75 Å². The number of halogens is 1. The second-order valence-corrected chi connectivity index (χ2v) is 4.72. The van der Waals surface area contributed by atoms with E-state index in [-0.39, 0.29) is 5.82 Å². The van der Waals surface area contributed by atoms with Crippen molar-refractivity contribution in [3.63, 3.8) is 0 Å². The van der Waals surface area contributed by atoms with Gasteiger partial charge in [-0.1, -0.05) is 0 Å². The summed E-state index contributed by atoms with van der Waals surface area (Å²) in [6.07, 6.45) is 2.57. The molecule has 0 aromatic heterocycles. The molecule has 1 heterocycles. The van der Waals surface area contributed by atoms with Gasteiger partial charge in [0.15, 0.2) is 0 Å². The van der Waals surface area contributed by atoms with Gasteiger partial charge in [-0.05, 0) is 50.7 Å². The quantitative estimate of drug-likeness (QED) is 0.838. The van der Waals surface area contributed by atoms with Crippen LogP contribution < -0.4 is 10.1 Å². The smallest absolute Gasteiger partial charge is 0.127 e. The van der Waals surface area contributed by atoms with Crippen molar-refractivity contribution in [3.05, 3.63) is 29.6 Å². The SMILES string of the molecule is CNCc1cc(F)cc(OCCN2CCCC2)c1. The maximum atomic E-state index is 13.4. The Balaban J connectivity index is 1.83. The number of nitrogens with zero attached hydrogens (tertiary/aromatic N) is 1. The molecule has 0 spiro atoms. The minimum absolute atomic E-state index is 0.237. The molecule has 0 amide bonds. The van der Waals surface area contributed by atoms with Crippen LogP contribution in [-0.2, 0) is 6.54 Å². The Labute approximate surface area is 108 Å². The molecule has 18 heavy (non-hydrogen) atoms. The maximum Gasteiger partial charge on any atom is 0.127 e. The van der Waals surface area contributed by atoms with E-state index in [2.05, 4.69) is 10.2 Å². The van der Waals surface area contributed by atoms with Gasteiger partial charge in [0, 0.05) is 19.2 Å². The number of likely N-dealkylation sites (tertiary alicyclic amines) is 1. The van der Waals surface area contributed by atoms with Gasteiger partial charge >= 0.3 is 0 Å². The average molecular weight is 252 g/mol. The van der Waals surface area contributed by atoms with Gasteiger partial charge in [0.2, 0.25) is 0 Å². The highest BCUT2D eigenvalue weighted by atomic mass is 19.1. The number of rotatable bonds is 6. The van der Waals surface area contributed by atoms with Crippen molar-refractivity contribution in [1.29, 1.82) is 0 Å². The molecule has 0 saturated carbocycles. The number of ether oxygens (including phenoxy) is 1. The summed E-state index contributed by atoms with van der Waals surface area (Å²) >= 11 is 0. The first kappa shape index (κ1) is 13.3. The molecule has 0 radical (unpaired) electrons. The number of benzene rings is 1. The third-order valence-electron chi connectivity index (χ3n) is 3.19. The fourth-order valence-corrected chi connectivity index (χ4v) is 2.31. The van der Waals surface area contributed by atoms with Crippen LogP contribution >= 0.6 is 0 Å². The predicted octanol–water partition coefficient (Wildman–Crippen LogP) is 2.02. The first-order chi connectivity index (χ1) is 8.78. The fraction of sp³-hybridized carbons (Fsp3) is 0.571. The zero-order valence-electron chi connectivity index (χ0n) is 10.9. The van der Waals surface area contributed by atoms with Crippen molar-refractivity contribution < 1.29 is 9.13 Å². The molecule has 1 aromatic rings. The molecule has 100 valence electrons. The van der Waals surface area contributed by atoms with E-state index in [0.717, 1.165) is 25.2 Å². The highest BCUT2D eigenvalue weighted by Gasteiger charge is 2.11. The van der Waals surface area contributed by atoms with Crippen molar-refractivity contribution in [2.75, 3.05) is 33.3 Å². The van der Waals surface area contributed by atoms with Crippen molar-refractivity contribution >= 4 is 0 Å². The number of nitrogens with one attached hydrogen (secondary N) is 1. The molecule has 0 bridgehead atoms. The lowest BCUT2D eigenvalue weighted by Gasteiger charge is -2.15. The van der Waals surface area contributed by atoms with E-state index < -0.39 is 0 Å². The standard InChI is InChI=1S/C14H21FN2O/c1-16-11-12-8-13(15)10-14(9-12)18-7-6-17-4-2-3-5-17/h8-10,16H,2-7,11H2,1H3. The van der Waals surface area contributed by atoms with Gasteiger partial charge in [0.25, 0.3) is 0 Å². The average Bonchev–Trinajstić information content (AvgIpc) is 2.82. The molecule has 3 nitrogen and oxygen atoms in total. The van der Waals surface area contributed by atoms with E-state index in [4.69, 9.17) is 4.74 Å². The largest absolute Gasteiger partial charge is 0.492 e. The van der Waals surface area contributed by atoms with Gasteiger partial charge in [-0.3, -0.25) is 4.90 Å².